The molecule has 0 spiro atoms. The lowest BCUT2D eigenvalue weighted by Gasteiger charge is -2.09. The summed E-state index contributed by atoms with van der Waals surface area (Å²) in [6.45, 7) is 3.47. The largest absolute Gasteiger partial charge is 0.494 e. The summed E-state index contributed by atoms with van der Waals surface area (Å²) >= 11 is 0. The average Bonchev–Trinajstić information content (AvgIpc) is 2.36. The fraction of sp³-hybridized carbons (Fsp3) is 0.182. The molecule has 18 heavy (non-hydrogen) atoms. The molecule has 0 aliphatic rings. The number of non-ortho nitro benzene ring substituents is 1. The maximum Gasteiger partial charge on any atom is 0.412 e. The molecule has 0 saturated heterocycles. The number of ether oxygens (including phenoxy) is 2. The monoisotopic (exact) mass is 252 g/mol. The predicted octanol–water partition coefficient (Wildman–Crippen LogP) is 2.34. The fourth-order valence-electron chi connectivity index (χ4n) is 1.18. The van der Waals surface area contributed by atoms with Gasteiger partial charge in [-0.25, -0.2) is 4.79 Å². The molecular formula is C11H12N2O5. The van der Waals surface area contributed by atoms with E-state index in [0.717, 1.165) is 0 Å². The topological polar surface area (TPSA) is 90.7 Å². The first-order valence-corrected chi connectivity index (χ1v) is 4.95. The number of carbonyl (C=O) groups excluding carboxylic acids is 1. The summed E-state index contributed by atoms with van der Waals surface area (Å²) in [5.74, 6) is 0.180. The molecule has 0 aliphatic heterocycles. The average molecular weight is 252 g/mol. The van der Waals surface area contributed by atoms with Crippen molar-refractivity contribution >= 4 is 17.5 Å². The van der Waals surface area contributed by atoms with E-state index >= 15 is 0 Å². The van der Waals surface area contributed by atoms with Gasteiger partial charge >= 0.3 is 6.09 Å². The van der Waals surface area contributed by atoms with Crippen molar-refractivity contribution < 1.29 is 19.2 Å². The molecule has 0 aromatic heterocycles. The third-order valence-corrected chi connectivity index (χ3v) is 1.96. The van der Waals surface area contributed by atoms with Crippen LogP contribution < -0.4 is 10.1 Å². The summed E-state index contributed by atoms with van der Waals surface area (Å²) in [5.41, 5.74) is 0.161. The molecule has 0 fully saturated rings. The summed E-state index contributed by atoms with van der Waals surface area (Å²) < 4.78 is 9.66. The van der Waals surface area contributed by atoms with Gasteiger partial charge in [-0.05, 0) is 6.07 Å². The zero-order valence-corrected chi connectivity index (χ0v) is 9.71. The van der Waals surface area contributed by atoms with E-state index in [1.807, 2.05) is 0 Å². The number of nitrogens with one attached hydrogen (secondary N) is 1. The van der Waals surface area contributed by atoms with Crippen LogP contribution in [0.5, 0.6) is 5.75 Å². The number of rotatable bonds is 5. The van der Waals surface area contributed by atoms with Crippen LogP contribution in [0.25, 0.3) is 0 Å². The van der Waals surface area contributed by atoms with Gasteiger partial charge in [0.05, 0.1) is 23.8 Å². The third kappa shape index (κ3) is 3.48. The Morgan fingerprint density at radius 1 is 1.61 bits per heavy atom. The molecule has 7 nitrogen and oxygen atoms in total. The van der Waals surface area contributed by atoms with Crippen LogP contribution in [0.15, 0.2) is 30.9 Å². The summed E-state index contributed by atoms with van der Waals surface area (Å²) in [7, 11) is 1.35. The van der Waals surface area contributed by atoms with Crippen LogP contribution in [0, 0.1) is 10.1 Å². The summed E-state index contributed by atoms with van der Waals surface area (Å²) in [6, 6.07) is 3.83. The Balaban J connectivity index is 2.85. The Morgan fingerprint density at radius 2 is 2.33 bits per heavy atom. The summed E-state index contributed by atoms with van der Waals surface area (Å²) in [6.07, 6.45) is 0.731. The van der Waals surface area contributed by atoms with Crippen LogP contribution in [0.3, 0.4) is 0 Å². The number of nitrogens with zero attached hydrogens (tertiary/aromatic N) is 1. The van der Waals surface area contributed by atoms with E-state index in [-0.39, 0.29) is 23.7 Å². The molecule has 0 atom stereocenters. The van der Waals surface area contributed by atoms with E-state index in [1.54, 1.807) is 0 Å². The second-order valence-corrected chi connectivity index (χ2v) is 3.15. The van der Waals surface area contributed by atoms with Gasteiger partial charge in [-0.15, -0.1) is 0 Å². The molecule has 0 bridgehead atoms. The highest BCUT2D eigenvalue weighted by atomic mass is 16.6. The van der Waals surface area contributed by atoms with Crippen LogP contribution in [-0.2, 0) is 4.74 Å². The van der Waals surface area contributed by atoms with Gasteiger partial charge in [0.15, 0.2) is 0 Å². The minimum atomic E-state index is -0.693. The maximum atomic E-state index is 11.3. The van der Waals surface area contributed by atoms with Gasteiger partial charge in [-0.1, -0.05) is 12.7 Å². The standard InChI is InChI=1S/C11H12N2O5/c1-3-6-18-11(14)12-9-5-4-8(13(15)16)7-10(9)17-2/h3-5,7H,1,6H2,2H3,(H,12,14). The molecule has 0 heterocycles. The van der Waals surface area contributed by atoms with Crippen molar-refractivity contribution in [2.24, 2.45) is 0 Å². The Labute approximate surface area is 103 Å². The normalized spacial score (nSPS) is 9.39. The van der Waals surface area contributed by atoms with E-state index in [9.17, 15) is 14.9 Å². The number of hydrogen-bond acceptors (Lipinski definition) is 5. The van der Waals surface area contributed by atoms with Gasteiger partial charge in [0, 0.05) is 6.07 Å². The van der Waals surface area contributed by atoms with Crippen LogP contribution in [-0.4, -0.2) is 24.7 Å². The number of amides is 1. The molecule has 0 unspecified atom stereocenters. The van der Waals surface area contributed by atoms with Gasteiger partial charge in [0.25, 0.3) is 5.69 Å². The minimum Gasteiger partial charge on any atom is -0.494 e. The van der Waals surface area contributed by atoms with E-state index < -0.39 is 11.0 Å². The molecule has 1 N–H and O–H groups in total. The number of benzene rings is 1. The number of carbonyl (C=O) groups is 1. The van der Waals surface area contributed by atoms with Crippen LogP contribution >= 0.6 is 0 Å². The van der Waals surface area contributed by atoms with Gasteiger partial charge < -0.3 is 9.47 Å². The summed E-state index contributed by atoms with van der Waals surface area (Å²) in [5, 5.41) is 13.0. The minimum absolute atomic E-state index is 0.0706. The van der Waals surface area contributed by atoms with Crippen LogP contribution in [0.1, 0.15) is 0 Å². The Morgan fingerprint density at radius 3 is 2.89 bits per heavy atom. The van der Waals surface area contributed by atoms with Crippen molar-refractivity contribution in [3.63, 3.8) is 0 Å². The molecule has 1 rings (SSSR count). The van der Waals surface area contributed by atoms with Crippen LogP contribution in [0.2, 0.25) is 0 Å². The first-order chi connectivity index (χ1) is 8.58. The van der Waals surface area contributed by atoms with E-state index in [2.05, 4.69) is 11.9 Å². The molecular weight excluding hydrogens is 240 g/mol. The van der Waals surface area contributed by atoms with E-state index in [4.69, 9.17) is 9.47 Å². The highest BCUT2D eigenvalue weighted by Crippen LogP contribution is 2.28. The predicted molar refractivity (Wildman–Crippen MR) is 64.8 cm³/mol. The zero-order chi connectivity index (χ0) is 13.5. The van der Waals surface area contributed by atoms with Crippen molar-refractivity contribution in [1.82, 2.24) is 0 Å². The molecule has 1 aromatic rings. The maximum absolute atomic E-state index is 11.3. The van der Waals surface area contributed by atoms with E-state index in [0.29, 0.717) is 0 Å². The second kappa shape index (κ2) is 6.24. The van der Waals surface area contributed by atoms with Crippen molar-refractivity contribution in [3.8, 4) is 5.75 Å². The highest BCUT2D eigenvalue weighted by Gasteiger charge is 2.13. The molecule has 0 radical (unpaired) electrons. The van der Waals surface area contributed by atoms with Crippen molar-refractivity contribution in [1.29, 1.82) is 0 Å². The van der Waals surface area contributed by atoms with Crippen molar-refractivity contribution in [2.75, 3.05) is 19.0 Å². The molecule has 0 aliphatic carbocycles. The van der Waals surface area contributed by atoms with Crippen molar-refractivity contribution in [3.05, 3.63) is 41.0 Å². The van der Waals surface area contributed by atoms with E-state index in [1.165, 1.54) is 31.4 Å². The number of methoxy groups -OCH3 is 1. The smallest absolute Gasteiger partial charge is 0.412 e. The van der Waals surface area contributed by atoms with Gasteiger partial charge in [0.1, 0.15) is 12.4 Å². The first kappa shape index (κ1) is 13.5. The number of nitro groups is 1. The molecule has 7 heteroatoms. The Kier molecular flexibility index (Phi) is 4.67. The lowest BCUT2D eigenvalue weighted by atomic mass is 10.2. The van der Waals surface area contributed by atoms with Crippen LogP contribution in [0.4, 0.5) is 16.2 Å². The third-order valence-electron chi connectivity index (χ3n) is 1.96. The number of nitro benzene ring substituents is 1. The number of hydrogen-bond donors (Lipinski definition) is 1. The SMILES string of the molecule is C=CCOC(=O)Nc1ccc([N+](=O)[O-])cc1OC. The lowest BCUT2D eigenvalue weighted by molar-refractivity contribution is -0.384. The van der Waals surface area contributed by atoms with Gasteiger partial charge in [-0.2, -0.15) is 0 Å². The van der Waals surface area contributed by atoms with Gasteiger partial charge in [-0.3, -0.25) is 15.4 Å². The fourth-order valence-corrected chi connectivity index (χ4v) is 1.18. The molecule has 1 amide bonds. The summed E-state index contributed by atoms with van der Waals surface area (Å²) in [4.78, 5) is 21.3. The molecule has 1 aromatic carbocycles. The number of anilines is 1. The second-order valence-electron chi connectivity index (χ2n) is 3.15. The Hall–Kier alpha value is -2.57. The highest BCUT2D eigenvalue weighted by molar-refractivity contribution is 5.87. The molecule has 96 valence electrons. The quantitative estimate of drug-likeness (QED) is 0.493. The molecule has 0 saturated carbocycles. The zero-order valence-electron chi connectivity index (χ0n) is 9.71. The Bertz CT molecular complexity index is 473. The van der Waals surface area contributed by atoms with Crippen molar-refractivity contribution in [2.45, 2.75) is 0 Å². The first-order valence-electron chi connectivity index (χ1n) is 4.95. The van der Waals surface area contributed by atoms with Gasteiger partial charge in [0.2, 0.25) is 0 Å². The lowest BCUT2D eigenvalue weighted by Crippen LogP contribution is -2.14.